The predicted molar refractivity (Wildman–Crippen MR) is 342 cm³/mol. The van der Waals surface area contributed by atoms with Crippen LogP contribution < -0.4 is 5.32 Å². The van der Waals surface area contributed by atoms with Crippen LogP contribution in [-0.2, 0) is 14.3 Å². The van der Waals surface area contributed by atoms with Crippen LogP contribution in [0.1, 0.15) is 373 Å². The quantitative estimate of drug-likeness (QED) is 0.0320. The smallest absolute Gasteiger partial charge is 0.305 e. The van der Waals surface area contributed by atoms with Gasteiger partial charge in [-0.05, 0) is 89.9 Å². The average molecular weight is 1090 g/mol. The van der Waals surface area contributed by atoms with E-state index in [9.17, 15) is 19.8 Å². The van der Waals surface area contributed by atoms with Gasteiger partial charge in [-0.1, -0.05) is 319 Å². The highest BCUT2D eigenvalue weighted by molar-refractivity contribution is 5.76. The van der Waals surface area contributed by atoms with Crippen molar-refractivity contribution in [2.75, 3.05) is 13.2 Å². The van der Waals surface area contributed by atoms with Crippen LogP contribution in [0.4, 0.5) is 0 Å². The van der Waals surface area contributed by atoms with E-state index >= 15 is 0 Å². The van der Waals surface area contributed by atoms with Crippen molar-refractivity contribution in [3.8, 4) is 0 Å². The zero-order valence-corrected chi connectivity index (χ0v) is 52.4. The third-order valence-electron chi connectivity index (χ3n) is 16.1. The number of aliphatic hydroxyl groups excluding tert-OH is 2. The minimum absolute atomic E-state index is 0.00333. The Morgan fingerprint density at radius 1 is 0.359 bits per heavy atom. The van der Waals surface area contributed by atoms with E-state index in [4.69, 9.17) is 4.74 Å². The summed E-state index contributed by atoms with van der Waals surface area (Å²) in [6, 6.07) is -0.627. The molecule has 0 heterocycles. The van der Waals surface area contributed by atoms with Crippen LogP contribution in [0.2, 0.25) is 0 Å². The van der Waals surface area contributed by atoms with Gasteiger partial charge in [-0.3, -0.25) is 9.59 Å². The van der Waals surface area contributed by atoms with Gasteiger partial charge in [0.2, 0.25) is 5.91 Å². The zero-order valence-electron chi connectivity index (χ0n) is 52.4. The maximum atomic E-state index is 12.5. The molecule has 3 N–H and O–H groups in total. The number of ether oxygens (including phenoxy) is 1. The molecule has 2 atom stereocenters. The number of aliphatic hydroxyl groups is 2. The number of hydrogen-bond donors (Lipinski definition) is 3. The number of amides is 1. The van der Waals surface area contributed by atoms with Gasteiger partial charge in [-0.15, -0.1) is 0 Å². The first-order valence-corrected chi connectivity index (χ1v) is 34.9. The lowest BCUT2D eigenvalue weighted by Gasteiger charge is -2.20. The summed E-state index contributed by atoms with van der Waals surface area (Å²) in [5.74, 6) is -0.0616. The first kappa shape index (κ1) is 75.8. The zero-order chi connectivity index (χ0) is 56.4. The lowest BCUT2D eigenvalue weighted by molar-refractivity contribution is -0.143. The Hall–Kier alpha value is -2.18. The second kappa shape index (κ2) is 67.3. The van der Waals surface area contributed by atoms with E-state index in [1.807, 2.05) is 6.08 Å². The molecule has 78 heavy (non-hydrogen) atoms. The van der Waals surface area contributed by atoms with Crippen molar-refractivity contribution >= 4 is 11.9 Å². The van der Waals surface area contributed by atoms with E-state index in [1.54, 1.807) is 6.08 Å². The number of nitrogens with one attached hydrogen (secondary N) is 1. The molecule has 0 aromatic heterocycles. The van der Waals surface area contributed by atoms with Gasteiger partial charge in [-0.2, -0.15) is 0 Å². The van der Waals surface area contributed by atoms with Gasteiger partial charge in [0, 0.05) is 12.8 Å². The van der Waals surface area contributed by atoms with E-state index in [0.29, 0.717) is 19.4 Å². The minimum atomic E-state index is -0.844. The molecule has 0 saturated heterocycles. The molecule has 6 heteroatoms. The fraction of sp³-hybridized carbons (Fsp3) is 0.861. The number of esters is 1. The van der Waals surface area contributed by atoms with Crippen molar-refractivity contribution in [3.05, 3.63) is 48.6 Å². The molecule has 2 unspecified atom stereocenters. The van der Waals surface area contributed by atoms with Gasteiger partial charge in [0.1, 0.15) is 0 Å². The van der Waals surface area contributed by atoms with Gasteiger partial charge in [0.05, 0.1) is 25.4 Å². The molecule has 0 bridgehead atoms. The minimum Gasteiger partial charge on any atom is -0.466 e. The summed E-state index contributed by atoms with van der Waals surface area (Å²) in [5, 5.41) is 23.2. The Morgan fingerprint density at radius 2 is 0.641 bits per heavy atom. The molecule has 0 aromatic rings. The normalized spacial score (nSPS) is 12.8. The summed E-state index contributed by atoms with van der Waals surface area (Å²) >= 11 is 0. The predicted octanol–water partition coefficient (Wildman–Crippen LogP) is 22.5. The van der Waals surface area contributed by atoms with Gasteiger partial charge in [0.25, 0.3) is 0 Å². The van der Waals surface area contributed by atoms with Crippen molar-refractivity contribution in [1.29, 1.82) is 0 Å². The van der Waals surface area contributed by atoms with E-state index in [0.717, 1.165) is 51.4 Å². The Labute approximate surface area is 486 Å². The summed E-state index contributed by atoms with van der Waals surface area (Å²) in [4.78, 5) is 24.6. The SMILES string of the molecule is CCCCCC/C=C\C/C=C\CCCCCCCC(=O)OCCCCCCCCCCCCCC/C=C\CCCCCCCCCCCCCCCCC(=O)NC(CO)C(O)/C=C/CCCCCCCCCCCCCCC. The maximum absolute atomic E-state index is 12.5. The number of carbonyl (C=O) groups is 2. The van der Waals surface area contributed by atoms with Crippen LogP contribution in [0.5, 0.6) is 0 Å². The number of rotatable bonds is 65. The van der Waals surface area contributed by atoms with Crippen LogP contribution in [0.3, 0.4) is 0 Å². The largest absolute Gasteiger partial charge is 0.466 e. The Balaban J connectivity index is 3.38. The third-order valence-corrected chi connectivity index (χ3v) is 16.1. The first-order valence-electron chi connectivity index (χ1n) is 34.9. The highest BCUT2D eigenvalue weighted by Crippen LogP contribution is 2.18. The highest BCUT2D eigenvalue weighted by atomic mass is 16.5. The topological polar surface area (TPSA) is 95.9 Å². The number of allylic oxidation sites excluding steroid dienone is 7. The molecular weight excluding hydrogens is 959 g/mol. The fourth-order valence-corrected chi connectivity index (χ4v) is 10.7. The summed E-state index contributed by atoms with van der Waals surface area (Å²) in [6.45, 7) is 4.90. The number of carbonyl (C=O) groups excluding carboxylic acids is 2. The second-order valence-corrected chi connectivity index (χ2v) is 23.9. The van der Waals surface area contributed by atoms with Crippen molar-refractivity contribution in [3.63, 3.8) is 0 Å². The monoisotopic (exact) mass is 1090 g/mol. The van der Waals surface area contributed by atoms with Gasteiger partial charge >= 0.3 is 5.97 Å². The molecule has 0 aliphatic heterocycles. The molecule has 0 fully saturated rings. The fourth-order valence-electron chi connectivity index (χ4n) is 10.7. The Kier molecular flexibility index (Phi) is 65.4. The van der Waals surface area contributed by atoms with Crippen molar-refractivity contribution in [2.24, 2.45) is 0 Å². The lowest BCUT2D eigenvalue weighted by Crippen LogP contribution is -2.45. The van der Waals surface area contributed by atoms with E-state index in [2.05, 4.69) is 55.6 Å². The molecule has 458 valence electrons. The first-order chi connectivity index (χ1) is 38.5. The van der Waals surface area contributed by atoms with Crippen LogP contribution in [0.15, 0.2) is 48.6 Å². The molecule has 0 spiro atoms. The molecule has 6 nitrogen and oxygen atoms in total. The van der Waals surface area contributed by atoms with Crippen LogP contribution in [0, 0.1) is 0 Å². The summed E-state index contributed by atoms with van der Waals surface area (Å²) < 4.78 is 5.49. The average Bonchev–Trinajstić information content (AvgIpc) is 3.44. The summed E-state index contributed by atoms with van der Waals surface area (Å²) in [7, 11) is 0. The number of unbranched alkanes of at least 4 members (excludes halogenated alkanes) is 48. The van der Waals surface area contributed by atoms with E-state index in [1.165, 1.54) is 295 Å². The summed E-state index contributed by atoms with van der Waals surface area (Å²) in [5.41, 5.74) is 0. The summed E-state index contributed by atoms with van der Waals surface area (Å²) in [6.07, 6.45) is 87.6. The molecule has 1 amide bonds. The van der Waals surface area contributed by atoms with E-state index in [-0.39, 0.29) is 18.5 Å². The van der Waals surface area contributed by atoms with Gasteiger partial charge < -0.3 is 20.3 Å². The van der Waals surface area contributed by atoms with Gasteiger partial charge in [0.15, 0.2) is 0 Å². The van der Waals surface area contributed by atoms with Crippen molar-refractivity contribution < 1.29 is 24.5 Å². The third kappa shape index (κ3) is 63.0. The van der Waals surface area contributed by atoms with Gasteiger partial charge in [-0.25, -0.2) is 0 Å². The Bertz CT molecular complexity index is 1310. The second-order valence-electron chi connectivity index (χ2n) is 23.9. The van der Waals surface area contributed by atoms with Crippen LogP contribution >= 0.6 is 0 Å². The lowest BCUT2D eigenvalue weighted by atomic mass is 10.0. The molecular formula is C72H135NO5. The molecule has 0 rings (SSSR count). The molecule has 0 radical (unpaired) electrons. The van der Waals surface area contributed by atoms with Crippen molar-refractivity contribution in [1.82, 2.24) is 5.32 Å². The molecule has 0 aromatic carbocycles. The highest BCUT2D eigenvalue weighted by Gasteiger charge is 2.18. The molecule has 0 aliphatic carbocycles. The number of hydrogen-bond acceptors (Lipinski definition) is 5. The molecule has 0 saturated carbocycles. The Morgan fingerprint density at radius 3 is 1.00 bits per heavy atom. The van der Waals surface area contributed by atoms with E-state index < -0.39 is 12.1 Å². The molecule has 0 aliphatic rings. The standard InChI is InChI=1S/C72H135NO5/c1-3-5-7-9-11-13-15-17-19-38-42-46-50-54-58-62-66-72(77)78-67-63-59-55-51-47-43-39-35-33-31-29-27-25-23-21-20-22-24-26-28-30-32-34-37-41-45-49-53-57-61-65-71(76)73-69(68-74)70(75)64-60-56-52-48-44-40-36-18-16-14-12-10-8-6-4-2/h13,15,19,21,23,38,60,64,69-70,74-75H,3-12,14,16-18,20,22,24-37,39-59,61-63,65-68H2,1-2H3,(H,73,76)/b15-13-,23-21-,38-19-,64-60+. The maximum Gasteiger partial charge on any atom is 0.305 e. The van der Waals surface area contributed by atoms with Crippen molar-refractivity contribution in [2.45, 2.75) is 386 Å². The van der Waals surface area contributed by atoms with Crippen LogP contribution in [0.25, 0.3) is 0 Å². The van der Waals surface area contributed by atoms with Crippen LogP contribution in [-0.4, -0.2) is 47.4 Å².